The molecule has 0 aliphatic carbocycles. The predicted molar refractivity (Wildman–Crippen MR) is 54.7 cm³/mol. The van der Waals surface area contributed by atoms with Gasteiger partial charge in [-0.25, -0.2) is 0 Å². The van der Waals surface area contributed by atoms with Crippen LogP contribution in [-0.2, 0) is 0 Å². The third-order valence-corrected chi connectivity index (χ3v) is 2.10. The fraction of sp³-hybridized carbons (Fsp3) is 0. The summed E-state index contributed by atoms with van der Waals surface area (Å²) in [5.41, 5.74) is 1.94. The van der Waals surface area contributed by atoms with Gasteiger partial charge in [0.25, 0.3) is 0 Å². The van der Waals surface area contributed by atoms with Gasteiger partial charge in [0, 0.05) is 29.0 Å². The molecule has 2 heterocycles. The lowest BCUT2D eigenvalue weighted by molar-refractivity contribution is 1.22. The molecule has 0 amide bonds. The summed E-state index contributed by atoms with van der Waals surface area (Å²) in [6, 6.07) is 7.71. The van der Waals surface area contributed by atoms with Crippen LogP contribution in [0.1, 0.15) is 0 Å². The SMILES string of the molecule is Sc1cnccc1-c1ccccn1. The van der Waals surface area contributed by atoms with Gasteiger partial charge in [-0.3, -0.25) is 9.97 Å². The topological polar surface area (TPSA) is 25.8 Å². The molecule has 0 saturated carbocycles. The maximum Gasteiger partial charge on any atom is 0.0714 e. The van der Waals surface area contributed by atoms with E-state index < -0.39 is 0 Å². The molecule has 2 rings (SSSR count). The van der Waals surface area contributed by atoms with Gasteiger partial charge in [0.05, 0.1) is 5.69 Å². The number of aromatic nitrogens is 2. The van der Waals surface area contributed by atoms with E-state index in [0.29, 0.717) is 0 Å². The Balaban J connectivity index is 2.54. The highest BCUT2D eigenvalue weighted by Gasteiger charge is 2.00. The summed E-state index contributed by atoms with van der Waals surface area (Å²) in [6.45, 7) is 0. The Labute approximate surface area is 82.1 Å². The molecular formula is C10H8N2S. The zero-order chi connectivity index (χ0) is 9.10. The van der Waals surface area contributed by atoms with Crippen molar-refractivity contribution in [2.24, 2.45) is 0 Å². The third kappa shape index (κ3) is 1.70. The van der Waals surface area contributed by atoms with Crippen molar-refractivity contribution in [3.63, 3.8) is 0 Å². The van der Waals surface area contributed by atoms with E-state index >= 15 is 0 Å². The first-order chi connectivity index (χ1) is 6.38. The second-order valence-corrected chi connectivity index (χ2v) is 3.09. The molecule has 0 radical (unpaired) electrons. The molecule has 0 bridgehead atoms. The first kappa shape index (κ1) is 8.26. The number of thiol groups is 1. The van der Waals surface area contributed by atoms with Crippen LogP contribution in [0.4, 0.5) is 0 Å². The summed E-state index contributed by atoms with van der Waals surface area (Å²) in [7, 11) is 0. The van der Waals surface area contributed by atoms with E-state index in [4.69, 9.17) is 0 Å². The minimum absolute atomic E-state index is 0.848. The van der Waals surface area contributed by atoms with Crippen LogP contribution in [0.2, 0.25) is 0 Å². The quantitative estimate of drug-likeness (QED) is 0.695. The summed E-state index contributed by atoms with van der Waals surface area (Å²) in [5, 5.41) is 0. The zero-order valence-corrected chi connectivity index (χ0v) is 7.78. The number of rotatable bonds is 1. The highest BCUT2D eigenvalue weighted by Crippen LogP contribution is 2.22. The van der Waals surface area contributed by atoms with Gasteiger partial charge in [-0.2, -0.15) is 0 Å². The third-order valence-electron chi connectivity index (χ3n) is 1.74. The van der Waals surface area contributed by atoms with E-state index in [0.717, 1.165) is 16.2 Å². The Kier molecular flexibility index (Phi) is 2.27. The fourth-order valence-electron chi connectivity index (χ4n) is 1.12. The van der Waals surface area contributed by atoms with Crippen LogP contribution in [0.5, 0.6) is 0 Å². The van der Waals surface area contributed by atoms with E-state index in [1.165, 1.54) is 0 Å². The maximum atomic E-state index is 4.31. The molecule has 0 aromatic carbocycles. The van der Waals surface area contributed by atoms with Crippen LogP contribution in [0.25, 0.3) is 11.3 Å². The number of pyridine rings is 2. The molecule has 0 aliphatic heterocycles. The highest BCUT2D eigenvalue weighted by atomic mass is 32.1. The van der Waals surface area contributed by atoms with E-state index in [1.807, 2.05) is 24.3 Å². The Morgan fingerprint density at radius 1 is 1.08 bits per heavy atom. The van der Waals surface area contributed by atoms with Crippen LogP contribution >= 0.6 is 12.6 Å². The Morgan fingerprint density at radius 3 is 2.69 bits per heavy atom. The van der Waals surface area contributed by atoms with Gasteiger partial charge >= 0.3 is 0 Å². The summed E-state index contributed by atoms with van der Waals surface area (Å²) >= 11 is 4.31. The molecule has 0 saturated heterocycles. The number of nitrogens with zero attached hydrogens (tertiary/aromatic N) is 2. The van der Waals surface area contributed by atoms with Crippen molar-refractivity contribution in [1.29, 1.82) is 0 Å². The van der Waals surface area contributed by atoms with Gasteiger partial charge in [-0.05, 0) is 18.2 Å². The molecular weight excluding hydrogens is 180 g/mol. The van der Waals surface area contributed by atoms with Crippen molar-refractivity contribution in [3.05, 3.63) is 42.9 Å². The normalized spacial score (nSPS) is 9.92. The minimum atomic E-state index is 0.848. The number of hydrogen-bond donors (Lipinski definition) is 1. The van der Waals surface area contributed by atoms with E-state index in [-0.39, 0.29) is 0 Å². The van der Waals surface area contributed by atoms with Crippen molar-refractivity contribution in [2.45, 2.75) is 4.90 Å². The molecule has 0 fully saturated rings. The van der Waals surface area contributed by atoms with Crippen molar-refractivity contribution in [2.75, 3.05) is 0 Å². The Morgan fingerprint density at radius 2 is 2.00 bits per heavy atom. The lowest BCUT2D eigenvalue weighted by Gasteiger charge is -2.01. The largest absolute Gasteiger partial charge is 0.264 e. The fourth-order valence-corrected chi connectivity index (χ4v) is 1.38. The van der Waals surface area contributed by atoms with E-state index in [9.17, 15) is 0 Å². The van der Waals surface area contributed by atoms with Crippen molar-refractivity contribution in [1.82, 2.24) is 9.97 Å². The summed E-state index contributed by atoms with van der Waals surface area (Å²) in [5.74, 6) is 0. The molecule has 0 atom stereocenters. The van der Waals surface area contributed by atoms with Crippen LogP contribution in [0, 0.1) is 0 Å². The monoisotopic (exact) mass is 188 g/mol. The highest BCUT2D eigenvalue weighted by molar-refractivity contribution is 7.80. The second kappa shape index (κ2) is 3.58. The van der Waals surface area contributed by atoms with Crippen LogP contribution < -0.4 is 0 Å². The van der Waals surface area contributed by atoms with Gasteiger partial charge in [0.2, 0.25) is 0 Å². The second-order valence-electron chi connectivity index (χ2n) is 2.61. The molecule has 2 aromatic rings. The Hall–Kier alpha value is -1.35. The first-order valence-electron chi connectivity index (χ1n) is 3.92. The predicted octanol–water partition coefficient (Wildman–Crippen LogP) is 2.43. The standard InChI is InChI=1S/C10H8N2S/c13-10-7-11-6-4-8(10)9-3-1-2-5-12-9/h1-7,13H. The van der Waals surface area contributed by atoms with E-state index in [2.05, 4.69) is 22.6 Å². The molecule has 2 nitrogen and oxygen atoms in total. The molecule has 13 heavy (non-hydrogen) atoms. The van der Waals surface area contributed by atoms with Crippen molar-refractivity contribution >= 4 is 12.6 Å². The van der Waals surface area contributed by atoms with Crippen molar-refractivity contribution in [3.8, 4) is 11.3 Å². The lowest BCUT2D eigenvalue weighted by Crippen LogP contribution is -1.84. The molecule has 0 unspecified atom stereocenters. The summed E-state index contributed by atoms with van der Waals surface area (Å²) < 4.78 is 0. The van der Waals surface area contributed by atoms with Gasteiger partial charge in [-0.15, -0.1) is 12.6 Å². The molecule has 0 spiro atoms. The maximum absolute atomic E-state index is 4.31. The van der Waals surface area contributed by atoms with Gasteiger partial charge in [-0.1, -0.05) is 6.07 Å². The molecule has 64 valence electrons. The van der Waals surface area contributed by atoms with Crippen LogP contribution in [0.15, 0.2) is 47.8 Å². The smallest absolute Gasteiger partial charge is 0.0714 e. The molecule has 3 heteroatoms. The summed E-state index contributed by atoms with van der Waals surface area (Å²) in [4.78, 5) is 9.05. The molecule has 0 N–H and O–H groups in total. The zero-order valence-electron chi connectivity index (χ0n) is 6.88. The lowest BCUT2D eigenvalue weighted by atomic mass is 10.2. The minimum Gasteiger partial charge on any atom is -0.264 e. The first-order valence-corrected chi connectivity index (χ1v) is 4.37. The van der Waals surface area contributed by atoms with Crippen molar-refractivity contribution < 1.29 is 0 Å². The molecule has 0 aliphatic rings. The molecule has 2 aromatic heterocycles. The number of hydrogen-bond acceptors (Lipinski definition) is 3. The van der Waals surface area contributed by atoms with Gasteiger partial charge in [0.15, 0.2) is 0 Å². The average molecular weight is 188 g/mol. The van der Waals surface area contributed by atoms with Gasteiger partial charge < -0.3 is 0 Å². The van der Waals surface area contributed by atoms with Gasteiger partial charge in [0.1, 0.15) is 0 Å². The Bertz CT molecular complexity index is 401. The average Bonchev–Trinajstić information content (AvgIpc) is 2.20. The summed E-state index contributed by atoms with van der Waals surface area (Å²) in [6.07, 6.45) is 5.22. The van der Waals surface area contributed by atoms with E-state index in [1.54, 1.807) is 18.6 Å². The van der Waals surface area contributed by atoms with Crippen LogP contribution in [-0.4, -0.2) is 9.97 Å². The van der Waals surface area contributed by atoms with Crippen LogP contribution in [0.3, 0.4) is 0 Å².